The van der Waals surface area contributed by atoms with Crippen LogP contribution in [0.15, 0.2) is 53.9 Å². The second-order valence-corrected chi connectivity index (χ2v) is 11.9. The van der Waals surface area contributed by atoms with Crippen LogP contribution in [-0.4, -0.2) is 65.5 Å². The van der Waals surface area contributed by atoms with E-state index in [4.69, 9.17) is 5.73 Å². The first-order valence-electron chi connectivity index (χ1n) is 14.3. The average Bonchev–Trinajstić information content (AvgIpc) is 3.73. The Hall–Kier alpha value is -5.91. The Balaban J connectivity index is 1.38. The van der Waals surface area contributed by atoms with E-state index in [2.05, 4.69) is 54.2 Å². The van der Waals surface area contributed by atoms with Crippen molar-refractivity contribution in [1.29, 1.82) is 0 Å². The highest BCUT2D eigenvalue weighted by molar-refractivity contribution is 9.11. The van der Waals surface area contributed by atoms with E-state index in [0.717, 1.165) is 0 Å². The molecule has 0 aliphatic rings. The molecule has 17 nitrogen and oxygen atoms in total. The van der Waals surface area contributed by atoms with Crippen molar-refractivity contribution < 1.29 is 28.8 Å². The van der Waals surface area contributed by atoms with Gasteiger partial charge < -0.3 is 46.0 Å². The number of hydrogen-bond donors (Lipinski definition) is 6. The summed E-state index contributed by atoms with van der Waals surface area (Å²) in [6.07, 6.45) is 4.73. The lowest BCUT2D eigenvalue weighted by molar-refractivity contribution is -0.118. The molecule has 7 N–H and O–H groups in total. The van der Waals surface area contributed by atoms with E-state index in [9.17, 15) is 28.8 Å². The number of rotatable bonds is 13. The molecule has 0 saturated carbocycles. The summed E-state index contributed by atoms with van der Waals surface area (Å²) >= 11 is 3.13. The molecule has 0 fully saturated rings. The SMILES string of the molecule is C=C(Br)CC(=O)Nc1cc(C(=O)Nc2cc(C(=O)Nc3cc(C(=O)Nc4cc(C(=O)NCCC(N)=O)n(C)c4)n(C)c3)n(C)c2)n(C)n1. The van der Waals surface area contributed by atoms with Crippen LogP contribution in [0.5, 0.6) is 0 Å². The van der Waals surface area contributed by atoms with E-state index in [1.54, 1.807) is 46.8 Å². The molecule has 0 spiro atoms. The maximum absolute atomic E-state index is 13.2. The fraction of sp³-hybridized carbons (Fsp3) is 0.233. The molecule has 18 heteroatoms. The first kappa shape index (κ1) is 35.0. The maximum atomic E-state index is 13.2. The number of nitrogens with zero attached hydrogens (tertiary/aromatic N) is 5. The molecule has 4 rings (SSSR count). The highest BCUT2D eigenvalue weighted by atomic mass is 79.9. The van der Waals surface area contributed by atoms with Gasteiger partial charge in [0.1, 0.15) is 22.8 Å². The van der Waals surface area contributed by atoms with Crippen LogP contribution in [0.1, 0.15) is 54.8 Å². The quantitative estimate of drug-likeness (QED) is 0.120. The zero-order chi connectivity index (χ0) is 35.3. The van der Waals surface area contributed by atoms with Gasteiger partial charge in [0.25, 0.3) is 23.6 Å². The van der Waals surface area contributed by atoms with Crippen LogP contribution < -0.4 is 32.3 Å². The van der Waals surface area contributed by atoms with E-state index >= 15 is 0 Å². The summed E-state index contributed by atoms with van der Waals surface area (Å²) in [4.78, 5) is 74.5. The fourth-order valence-corrected chi connectivity index (χ4v) is 4.91. The van der Waals surface area contributed by atoms with Gasteiger partial charge in [-0.05, 0) is 22.7 Å². The Morgan fingerprint density at radius 2 is 1.15 bits per heavy atom. The predicted molar refractivity (Wildman–Crippen MR) is 181 cm³/mol. The van der Waals surface area contributed by atoms with Crippen molar-refractivity contribution in [2.24, 2.45) is 33.9 Å². The molecule has 0 aromatic carbocycles. The number of aromatic nitrogens is 5. The van der Waals surface area contributed by atoms with Crippen molar-refractivity contribution in [3.05, 3.63) is 76.7 Å². The molecule has 4 aromatic rings. The van der Waals surface area contributed by atoms with Gasteiger partial charge in [0.15, 0.2) is 5.82 Å². The minimum absolute atomic E-state index is 0.000406. The van der Waals surface area contributed by atoms with Gasteiger partial charge in [-0.25, -0.2) is 0 Å². The van der Waals surface area contributed by atoms with Crippen LogP contribution in [0.4, 0.5) is 22.9 Å². The van der Waals surface area contributed by atoms with Crippen molar-refractivity contribution in [2.75, 3.05) is 27.8 Å². The van der Waals surface area contributed by atoms with Gasteiger partial charge in [0.2, 0.25) is 11.8 Å². The van der Waals surface area contributed by atoms with Gasteiger partial charge in [-0.2, -0.15) is 5.10 Å². The van der Waals surface area contributed by atoms with E-state index < -0.39 is 29.5 Å². The van der Waals surface area contributed by atoms with E-state index in [0.29, 0.717) is 21.5 Å². The number of primary amides is 1. The van der Waals surface area contributed by atoms with Gasteiger partial charge >= 0.3 is 0 Å². The Morgan fingerprint density at radius 1 is 0.708 bits per heavy atom. The van der Waals surface area contributed by atoms with Crippen LogP contribution in [-0.2, 0) is 37.8 Å². The molecule has 0 aliphatic carbocycles. The van der Waals surface area contributed by atoms with Gasteiger partial charge in [-0.3, -0.25) is 33.4 Å². The third-order valence-corrected chi connectivity index (χ3v) is 7.16. The largest absolute Gasteiger partial charge is 0.370 e. The van der Waals surface area contributed by atoms with Crippen molar-refractivity contribution >= 4 is 74.3 Å². The molecule has 0 bridgehead atoms. The summed E-state index contributed by atoms with van der Waals surface area (Å²) in [5.41, 5.74) is 7.03. The van der Waals surface area contributed by atoms with Crippen molar-refractivity contribution in [2.45, 2.75) is 12.8 Å². The number of aryl methyl sites for hydroxylation is 4. The van der Waals surface area contributed by atoms with Gasteiger partial charge in [0.05, 0.1) is 23.5 Å². The Morgan fingerprint density at radius 3 is 1.58 bits per heavy atom. The topological polar surface area (TPSA) is 221 Å². The zero-order valence-corrected chi connectivity index (χ0v) is 28.1. The zero-order valence-electron chi connectivity index (χ0n) is 26.5. The minimum atomic E-state index is -0.538. The molecule has 4 heterocycles. The molecule has 48 heavy (non-hydrogen) atoms. The summed E-state index contributed by atoms with van der Waals surface area (Å²) in [6.45, 7) is 3.71. The molecular formula is C30H34BrN11O6. The Kier molecular flexibility index (Phi) is 10.7. The molecule has 252 valence electrons. The van der Waals surface area contributed by atoms with Crippen LogP contribution in [0.3, 0.4) is 0 Å². The summed E-state index contributed by atoms with van der Waals surface area (Å²) in [6, 6.07) is 5.89. The van der Waals surface area contributed by atoms with Crippen LogP contribution in [0, 0.1) is 0 Å². The third kappa shape index (κ3) is 8.66. The molecule has 0 aliphatic heterocycles. The van der Waals surface area contributed by atoms with E-state index in [-0.39, 0.29) is 53.9 Å². The Bertz CT molecular complexity index is 1950. The number of halogens is 1. The molecule has 6 amide bonds. The molecular weight excluding hydrogens is 690 g/mol. The van der Waals surface area contributed by atoms with Crippen LogP contribution >= 0.6 is 15.9 Å². The number of anilines is 4. The monoisotopic (exact) mass is 723 g/mol. The van der Waals surface area contributed by atoms with Crippen molar-refractivity contribution in [1.82, 2.24) is 28.8 Å². The number of nitrogens with one attached hydrogen (secondary N) is 5. The standard InChI is InChI=1S/C30H34BrN11O6/c1-16(31)8-26(44)37-25-12-23(42(5)38-25)30(48)36-19-11-22(41(4)15-19)29(47)35-18-10-21(40(3)14-18)28(46)34-17-9-20(39(2)13-17)27(45)33-7-6-24(32)43/h9-15H,1,6-8H2,2-5H3,(H2,32,43)(H,33,45)(H,34,46)(H,35,47)(H,36,48)(H,37,38,44). The predicted octanol–water partition coefficient (Wildman–Crippen LogP) is 2.03. The first-order chi connectivity index (χ1) is 22.6. The van der Waals surface area contributed by atoms with Gasteiger partial charge in [-0.1, -0.05) is 22.5 Å². The summed E-state index contributed by atoms with van der Waals surface area (Å²) in [7, 11) is 6.46. The van der Waals surface area contributed by atoms with Crippen LogP contribution in [0.25, 0.3) is 0 Å². The van der Waals surface area contributed by atoms with E-state index in [1.807, 2.05) is 0 Å². The number of carbonyl (C=O) groups excluding carboxylic acids is 6. The number of nitrogens with two attached hydrogens (primary N) is 1. The first-order valence-corrected chi connectivity index (χ1v) is 15.1. The lowest BCUT2D eigenvalue weighted by Crippen LogP contribution is -2.29. The highest BCUT2D eigenvalue weighted by Gasteiger charge is 2.20. The maximum Gasteiger partial charge on any atom is 0.274 e. The second kappa shape index (κ2) is 14.7. The van der Waals surface area contributed by atoms with Gasteiger partial charge in [-0.15, -0.1) is 0 Å². The lowest BCUT2D eigenvalue weighted by Gasteiger charge is -2.04. The molecule has 0 saturated heterocycles. The summed E-state index contributed by atoms with van der Waals surface area (Å²) < 4.78 is 6.40. The number of hydrogen-bond acceptors (Lipinski definition) is 7. The lowest BCUT2D eigenvalue weighted by atomic mass is 10.3. The van der Waals surface area contributed by atoms with Crippen molar-refractivity contribution in [3.8, 4) is 0 Å². The third-order valence-electron chi connectivity index (χ3n) is 6.88. The van der Waals surface area contributed by atoms with E-state index in [1.165, 1.54) is 42.6 Å². The molecule has 0 radical (unpaired) electrons. The van der Waals surface area contributed by atoms with Gasteiger partial charge in [0, 0.05) is 65.8 Å². The molecule has 0 atom stereocenters. The summed E-state index contributed by atoms with van der Waals surface area (Å²) in [5.74, 6) is -2.62. The molecule has 4 aromatic heterocycles. The second-order valence-electron chi connectivity index (χ2n) is 10.8. The minimum Gasteiger partial charge on any atom is -0.370 e. The average molecular weight is 725 g/mol. The molecule has 0 unspecified atom stereocenters. The number of carbonyl (C=O) groups is 6. The number of amides is 6. The van der Waals surface area contributed by atoms with Crippen molar-refractivity contribution in [3.63, 3.8) is 0 Å². The Labute approximate surface area is 282 Å². The highest BCUT2D eigenvalue weighted by Crippen LogP contribution is 2.21. The smallest absolute Gasteiger partial charge is 0.274 e. The normalized spacial score (nSPS) is 10.7. The summed E-state index contributed by atoms with van der Waals surface area (Å²) in [5, 5.41) is 17.5. The van der Waals surface area contributed by atoms with Crippen LogP contribution in [0.2, 0.25) is 0 Å². The fourth-order valence-electron chi connectivity index (χ4n) is 4.65.